The molecular formula is C24H25ClN4O2. The average Bonchev–Trinajstić information content (AvgIpc) is 3.37. The van der Waals surface area contributed by atoms with E-state index in [-0.39, 0.29) is 24.3 Å². The van der Waals surface area contributed by atoms with E-state index in [1.807, 2.05) is 72.4 Å². The summed E-state index contributed by atoms with van der Waals surface area (Å²) in [7, 11) is 1.74. The van der Waals surface area contributed by atoms with Gasteiger partial charge >= 0.3 is 0 Å². The molecule has 2 amide bonds. The minimum atomic E-state index is -0.142. The summed E-state index contributed by atoms with van der Waals surface area (Å²) in [6.45, 7) is 2.42. The number of hydrogen-bond donors (Lipinski definition) is 1. The molecule has 0 aliphatic heterocycles. The minimum Gasteiger partial charge on any atom is -0.347 e. The highest BCUT2D eigenvalue weighted by atomic mass is 35.5. The SMILES string of the molecule is CC1CC1C(=O)NCC(=O)N(C)Cc1cn(-c2ccccc2)nc1-c1ccc(Cl)cc1. The van der Waals surface area contributed by atoms with Crippen molar-refractivity contribution in [2.45, 2.75) is 19.9 Å². The molecule has 7 heteroatoms. The van der Waals surface area contributed by atoms with Crippen LogP contribution in [-0.2, 0) is 16.1 Å². The lowest BCUT2D eigenvalue weighted by Crippen LogP contribution is -2.38. The molecule has 2 atom stereocenters. The van der Waals surface area contributed by atoms with Crippen LogP contribution in [0, 0.1) is 11.8 Å². The number of rotatable bonds is 7. The average molecular weight is 437 g/mol. The molecule has 0 spiro atoms. The molecule has 1 saturated carbocycles. The van der Waals surface area contributed by atoms with Gasteiger partial charge in [-0.15, -0.1) is 0 Å². The minimum absolute atomic E-state index is 0.00164. The van der Waals surface area contributed by atoms with Gasteiger partial charge < -0.3 is 10.2 Å². The molecule has 31 heavy (non-hydrogen) atoms. The van der Waals surface area contributed by atoms with Gasteiger partial charge in [-0.3, -0.25) is 9.59 Å². The van der Waals surface area contributed by atoms with Gasteiger partial charge in [0.15, 0.2) is 0 Å². The van der Waals surface area contributed by atoms with Gasteiger partial charge in [0.05, 0.1) is 17.9 Å². The molecule has 1 N–H and O–H groups in total. The monoisotopic (exact) mass is 436 g/mol. The van der Waals surface area contributed by atoms with Gasteiger partial charge in [-0.1, -0.05) is 48.9 Å². The fourth-order valence-corrected chi connectivity index (χ4v) is 3.68. The van der Waals surface area contributed by atoms with Gasteiger partial charge in [0, 0.05) is 41.9 Å². The lowest BCUT2D eigenvalue weighted by atomic mass is 10.1. The van der Waals surface area contributed by atoms with Crippen molar-refractivity contribution in [1.82, 2.24) is 20.0 Å². The Morgan fingerprint density at radius 2 is 1.84 bits per heavy atom. The van der Waals surface area contributed by atoms with E-state index in [2.05, 4.69) is 5.32 Å². The third-order valence-electron chi connectivity index (χ3n) is 5.62. The number of amides is 2. The van der Waals surface area contributed by atoms with Crippen LogP contribution in [0.1, 0.15) is 18.9 Å². The second kappa shape index (κ2) is 8.94. The molecular weight excluding hydrogens is 412 g/mol. The molecule has 4 rings (SSSR count). The van der Waals surface area contributed by atoms with E-state index in [1.54, 1.807) is 11.9 Å². The van der Waals surface area contributed by atoms with Crippen LogP contribution in [0.15, 0.2) is 60.8 Å². The maximum atomic E-state index is 12.6. The van der Waals surface area contributed by atoms with E-state index in [1.165, 1.54) is 0 Å². The standard InChI is InChI=1S/C24H25ClN4O2/c1-16-12-21(16)24(31)26-13-22(30)28(2)14-18-15-29(20-6-4-3-5-7-20)27-23(18)17-8-10-19(25)11-9-17/h3-11,15-16,21H,12-14H2,1-2H3,(H,26,31). The fraction of sp³-hybridized carbons (Fsp3) is 0.292. The van der Waals surface area contributed by atoms with E-state index in [9.17, 15) is 9.59 Å². The number of nitrogens with zero attached hydrogens (tertiary/aromatic N) is 3. The largest absolute Gasteiger partial charge is 0.347 e. The Hall–Kier alpha value is -3.12. The van der Waals surface area contributed by atoms with Gasteiger partial charge in [0.25, 0.3) is 0 Å². The predicted octanol–water partition coefficient (Wildman–Crippen LogP) is 3.92. The van der Waals surface area contributed by atoms with Crippen LogP contribution in [0.25, 0.3) is 16.9 Å². The van der Waals surface area contributed by atoms with Crippen LogP contribution in [0.4, 0.5) is 0 Å². The first kappa shape index (κ1) is 21.1. The van der Waals surface area contributed by atoms with E-state index >= 15 is 0 Å². The van der Waals surface area contributed by atoms with Crippen molar-refractivity contribution in [1.29, 1.82) is 0 Å². The molecule has 160 valence electrons. The van der Waals surface area contributed by atoms with Crippen molar-refractivity contribution >= 4 is 23.4 Å². The second-order valence-corrected chi connectivity index (χ2v) is 8.51. The summed E-state index contributed by atoms with van der Waals surface area (Å²) in [6, 6.07) is 17.3. The van der Waals surface area contributed by atoms with Gasteiger partial charge in [-0.2, -0.15) is 5.10 Å². The summed E-state index contributed by atoms with van der Waals surface area (Å²) in [5.74, 6) is 0.293. The number of carbonyl (C=O) groups excluding carboxylic acids is 2. The lowest BCUT2D eigenvalue weighted by Gasteiger charge is -2.17. The summed E-state index contributed by atoms with van der Waals surface area (Å²) in [4.78, 5) is 26.2. The van der Waals surface area contributed by atoms with Crippen molar-refractivity contribution in [2.75, 3.05) is 13.6 Å². The highest BCUT2D eigenvalue weighted by molar-refractivity contribution is 6.30. The maximum absolute atomic E-state index is 12.6. The lowest BCUT2D eigenvalue weighted by molar-refractivity contribution is -0.132. The Bertz CT molecular complexity index is 1080. The van der Waals surface area contributed by atoms with Crippen LogP contribution in [0.5, 0.6) is 0 Å². The summed E-state index contributed by atoms with van der Waals surface area (Å²) in [5, 5.41) is 8.19. The number of nitrogens with one attached hydrogen (secondary N) is 1. The number of hydrogen-bond acceptors (Lipinski definition) is 3. The van der Waals surface area contributed by atoms with Gasteiger partial charge in [-0.05, 0) is 36.6 Å². The third-order valence-corrected chi connectivity index (χ3v) is 5.87. The molecule has 1 fully saturated rings. The Kier molecular flexibility index (Phi) is 6.09. The Morgan fingerprint density at radius 3 is 2.48 bits per heavy atom. The molecule has 6 nitrogen and oxygen atoms in total. The Balaban J connectivity index is 1.53. The number of likely N-dealkylation sites (N-methyl/N-ethyl adjacent to an activating group) is 1. The van der Waals surface area contributed by atoms with Crippen LogP contribution in [0.3, 0.4) is 0 Å². The first-order valence-electron chi connectivity index (χ1n) is 10.3. The van der Waals surface area contributed by atoms with Gasteiger partial charge in [0.1, 0.15) is 0 Å². The quantitative estimate of drug-likeness (QED) is 0.610. The first-order chi connectivity index (χ1) is 14.9. The first-order valence-corrected chi connectivity index (χ1v) is 10.7. The topological polar surface area (TPSA) is 67.2 Å². The van der Waals surface area contributed by atoms with E-state index in [0.29, 0.717) is 17.5 Å². The normalized spacial score (nSPS) is 17.3. The van der Waals surface area contributed by atoms with Crippen molar-refractivity contribution in [2.24, 2.45) is 11.8 Å². The molecule has 1 aliphatic carbocycles. The Labute approximate surface area is 186 Å². The molecule has 0 saturated heterocycles. The zero-order valence-electron chi connectivity index (χ0n) is 17.6. The fourth-order valence-electron chi connectivity index (χ4n) is 3.55. The molecule has 1 heterocycles. The second-order valence-electron chi connectivity index (χ2n) is 8.08. The highest BCUT2D eigenvalue weighted by Crippen LogP contribution is 2.37. The third kappa shape index (κ3) is 4.97. The molecule has 2 aromatic carbocycles. The molecule has 1 aromatic heterocycles. The van der Waals surface area contributed by atoms with Gasteiger partial charge in [-0.25, -0.2) is 4.68 Å². The smallest absolute Gasteiger partial charge is 0.242 e. The number of aromatic nitrogens is 2. The summed E-state index contributed by atoms with van der Waals surface area (Å²) < 4.78 is 1.81. The van der Waals surface area contributed by atoms with E-state index < -0.39 is 0 Å². The van der Waals surface area contributed by atoms with Crippen LogP contribution in [0.2, 0.25) is 5.02 Å². The highest BCUT2D eigenvalue weighted by Gasteiger charge is 2.39. The summed E-state index contributed by atoms with van der Waals surface area (Å²) in [5.41, 5.74) is 3.55. The number of halogens is 1. The summed E-state index contributed by atoms with van der Waals surface area (Å²) in [6.07, 6.45) is 2.84. The molecule has 0 radical (unpaired) electrons. The van der Waals surface area contributed by atoms with Gasteiger partial charge in [0.2, 0.25) is 11.8 Å². The Morgan fingerprint density at radius 1 is 1.16 bits per heavy atom. The molecule has 2 unspecified atom stereocenters. The van der Waals surface area contributed by atoms with Crippen LogP contribution in [-0.4, -0.2) is 40.1 Å². The zero-order valence-corrected chi connectivity index (χ0v) is 18.3. The van der Waals surface area contributed by atoms with Crippen molar-refractivity contribution in [3.8, 4) is 16.9 Å². The van der Waals surface area contributed by atoms with Crippen molar-refractivity contribution < 1.29 is 9.59 Å². The molecule has 0 bridgehead atoms. The zero-order chi connectivity index (χ0) is 22.0. The maximum Gasteiger partial charge on any atom is 0.242 e. The molecule has 3 aromatic rings. The van der Waals surface area contributed by atoms with Crippen LogP contribution >= 0.6 is 11.6 Å². The summed E-state index contributed by atoms with van der Waals surface area (Å²) >= 11 is 6.05. The van der Waals surface area contributed by atoms with Crippen molar-refractivity contribution in [3.05, 3.63) is 71.4 Å². The van der Waals surface area contributed by atoms with Crippen LogP contribution < -0.4 is 5.32 Å². The molecule has 1 aliphatic rings. The number of para-hydroxylation sites is 1. The van der Waals surface area contributed by atoms with E-state index in [4.69, 9.17) is 16.7 Å². The number of benzene rings is 2. The number of carbonyl (C=O) groups is 2. The predicted molar refractivity (Wildman–Crippen MR) is 121 cm³/mol. The van der Waals surface area contributed by atoms with E-state index in [0.717, 1.165) is 28.9 Å². The van der Waals surface area contributed by atoms with Crippen molar-refractivity contribution in [3.63, 3.8) is 0 Å².